The fraction of sp³-hybridized carbons (Fsp3) is 0.333. The number of aryl methyl sites for hydroxylation is 2. The van der Waals surface area contributed by atoms with E-state index in [0.29, 0.717) is 18.0 Å². The maximum atomic E-state index is 13.6. The van der Waals surface area contributed by atoms with Crippen LogP contribution in [-0.4, -0.2) is 59.2 Å². The summed E-state index contributed by atoms with van der Waals surface area (Å²) in [5.74, 6) is 0.0479. The van der Waals surface area contributed by atoms with Crippen molar-refractivity contribution in [1.29, 1.82) is 0 Å². The molecule has 0 N–H and O–H groups in total. The summed E-state index contributed by atoms with van der Waals surface area (Å²) in [6.07, 6.45) is 0.697. The van der Waals surface area contributed by atoms with E-state index in [1.807, 2.05) is 24.3 Å². The van der Waals surface area contributed by atoms with Crippen molar-refractivity contribution >= 4 is 23.2 Å². The van der Waals surface area contributed by atoms with E-state index in [-0.39, 0.29) is 11.9 Å². The highest BCUT2D eigenvalue weighted by Gasteiger charge is 2.34. The summed E-state index contributed by atoms with van der Waals surface area (Å²) in [5.41, 5.74) is 6.86. The second-order valence-electron chi connectivity index (χ2n) is 9.91. The Morgan fingerprint density at radius 3 is 2.33 bits per heavy atom. The maximum absolute atomic E-state index is 13.6. The first-order valence-corrected chi connectivity index (χ1v) is 13.1. The molecule has 1 fully saturated rings. The minimum Gasteiger partial charge on any atom is -0.297 e. The molecule has 0 radical (unpaired) electrons. The molecule has 36 heavy (non-hydrogen) atoms. The van der Waals surface area contributed by atoms with Crippen LogP contribution in [0.3, 0.4) is 0 Å². The molecule has 6 heteroatoms. The Balaban J connectivity index is 1.29. The Bertz CT molecular complexity index is 1230. The van der Waals surface area contributed by atoms with Crippen molar-refractivity contribution in [2.45, 2.75) is 32.9 Å². The van der Waals surface area contributed by atoms with Gasteiger partial charge in [-0.2, -0.15) is 5.10 Å². The van der Waals surface area contributed by atoms with Crippen LogP contribution in [0, 0.1) is 13.8 Å². The molecule has 2 aliphatic rings. The van der Waals surface area contributed by atoms with Crippen LogP contribution >= 0.6 is 11.6 Å². The fourth-order valence-corrected chi connectivity index (χ4v) is 5.23. The zero-order chi connectivity index (χ0) is 25.1. The number of carbonyl (C=O) groups is 1. The van der Waals surface area contributed by atoms with Crippen LogP contribution in [0.4, 0.5) is 0 Å². The Kier molecular flexibility index (Phi) is 7.51. The van der Waals surface area contributed by atoms with Crippen LogP contribution in [0.2, 0.25) is 5.02 Å². The SMILES string of the molecule is Cc1ccc(C)c(C2=NN(C(=O)CN3CCN(Cc4ccccc4)CC3)C(c3ccc(Cl)cc3)C2)c1. The third-order valence-electron chi connectivity index (χ3n) is 7.20. The molecular weight excluding hydrogens is 468 g/mol. The molecule has 0 aliphatic carbocycles. The molecule has 1 atom stereocenters. The minimum atomic E-state index is -0.121. The number of hydrazone groups is 1. The van der Waals surface area contributed by atoms with Crippen LogP contribution in [0.1, 0.15) is 40.3 Å². The van der Waals surface area contributed by atoms with Gasteiger partial charge in [-0.3, -0.25) is 14.6 Å². The van der Waals surface area contributed by atoms with Crippen LogP contribution < -0.4 is 0 Å². The largest absolute Gasteiger partial charge is 0.297 e. The first-order valence-electron chi connectivity index (χ1n) is 12.7. The molecule has 186 valence electrons. The molecule has 3 aromatic carbocycles. The van der Waals surface area contributed by atoms with Gasteiger partial charge in [-0.05, 0) is 48.7 Å². The van der Waals surface area contributed by atoms with Crippen molar-refractivity contribution in [2.24, 2.45) is 5.10 Å². The number of halogens is 1. The summed E-state index contributed by atoms with van der Waals surface area (Å²) in [7, 11) is 0. The van der Waals surface area contributed by atoms with Gasteiger partial charge < -0.3 is 0 Å². The normalized spacial score (nSPS) is 18.9. The number of piperazine rings is 1. The van der Waals surface area contributed by atoms with Crippen molar-refractivity contribution < 1.29 is 4.79 Å². The molecule has 5 rings (SSSR count). The maximum Gasteiger partial charge on any atom is 0.257 e. The van der Waals surface area contributed by atoms with Gasteiger partial charge in [0.1, 0.15) is 0 Å². The summed E-state index contributed by atoms with van der Waals surface area (Å²) in [5, 5.41) is 7.32. The summed E-state index contributed by atoms with van der Waals surface area (Å²) in [6.45, 7) is 9.21. The predicted octanol–water partition coefficient (Wildman–Crippen LogP) is 5.45. The zero-order valence-corrected chi connectivity index (χ0v) is 21.8. The predicted molar refractivity (Wildman–Crippen MR) is 146 cm³/mol. The molecular formula is C30H33ClN4O. The highest BCUT2D eigenvalue weighted by molar-refractivity contribution is 6.30. The number of carbonyl (C=O) groups excluding carboxylic acids is 1. The van der Waals surface area contributed by atoms with E-state index < -0.39 is 0 Å². The summed E-state index contributed by atoms with van der Waals surface area (Å²) in [4.78, 5) is 18.3. The quantitative estimate of drug-likeness (QED) is 0.451. The highest BCUT2D eigenvalue weighted by atomic mass is 35.5. The molecule has 2 heterocycles. The Morgan fingerprint density at radius 2 is 1.61 bits per heavy atom. The van der Waals surface area contributed by atoms with E-state index in [1.54, 1.807) is 5.01 Å². The van der Waals surface area contributed by atoms with Crippen molar-refractivity contribution in [3.8, 4) is 0 Å². The lowest BCUT2D eigenvalue weighted by molar-refractivity contribution is -0.134. The molecule has 0 bridgehead atoms. The number of hydrogen-bond acceptors (Lipinski definition) is 4. The lowest BCUT2D eigenvalue weighted by Crippen LogP contribution is -2.49. The van der Waals surface area contributed by atoms with Gasteiger partial charge >= 0.3 is 0 Å². The van der Waals surface area contributed by atoms with E-state index >= 15 is 0 Å². The van der Waals surface area contributed by atoms with Gasteiger partial charge in [0.05, 0.1) is 18.3 Å². The lowest BCUT2D eigenvalue weighted by atomic mass is 9.95. The third-order valence-corrected chi connectivity index (χ3v) is 7.45. The topological polar surface area (TPSA) is 39.2 Å². The Morgan fingerprint density at radius 1 is 0.917 bits per heavy atom. The van der Waals surface area contributed by atoms with Gasteiger partial charge in [-0.1, -0.05) is 71.8 Å². The van der Waals surface area contributed by atoms with Crippen LogP contribution in [-0.2, 0) is 11.3 Å². The van der Waals surface area contributed by atoms with E-state index in [0.717, 1.165) is 49.6 Å². The fourth-order valence-electron chi connectivity index (χ4n) is 5.11. The smallest absolute Gasteiger partial charge is 0.257 e. The van der Waals surface area contributed by atoms with Crippen molar-refractivity contribution in [3.63, 3.8) is 0 Å². The van der Waals surface area contributed by atoms with Gasteiger partial charge in [-0.15, -0.1) is 0 Å². The molecule has 1 unspecified atom stereocenters. The van der Waals surface area contributed by atoms with E-state index in [1.165, 1.54) is 16.7 Å². The standard InChI is InChI=1S/C30H33ClN4O/c1-22-8-9-23(2)27(18-22)28-19-29(25-10-12-26(31)13-11-25)35(32-28)30(36)21-34-16-14-33(15-17-34)20-24-6-4-3-5-7-24/h3-13,18,29H,14-17,19-21H2,1-2H3. The third kappa shape index (κ3) is 5.70. The van der Waals surface area contributed by atoms with Crippen molar-refractivity contribution in [1.82, 2.24) is 14.8 Å². The Hall–Kier alpha value is -2.99. The second-order valence-corrected chi connectivity index (χ2v) is 10.3. The average molecular weight is 501 g/mol. The highest BCUT2D eigenvalue weighted by Crippen LogP contribution is 2.34. The van der Waals surface area contributed by atoms with Gasteiger partial charge in [0.2, 0.25) is 0 Å². The first kappa shape index (κ1) is 24.7. The van der Waals surface area contributed by atoms with Crippen LogP contribution in [0.15, 0.2) is 77.9 Å². The summed E-state index contributed by atoms with van der Waals surface area (Å²) >= 11 is 6.15. The first-order chi connectivity index (χ1) is 17.5. The number of hydrogen-bond donors (Lipinski definition) is 0. The monoisotopic (exact) mass is 500 g/mol. The number of nitrogens with zero attached hydrogens (tertiary/aromatic N) is 4. The van der Waals surface area contributed by atoms with Crippen molar-refractivity contribution in [3.05, 3.63) is 106 Å². The van der Waals surface area contributed by atoms with E-state index in [4.69, 9.17) is 16.7 Å². The minimum absolute atomic E-state index is 0.0479. The number of benzene rings is 3. The molecule has 0 aromatic heterocycles. The zero-order valence-electron chi connectivity index (χ0n) is 21.0. The number of rotatable bonds is 6. The summed E-state index contributed by atoms with van der Waals surface area (Å²) in [6, 6.07) is 24.7. The second kappa shape index (κ2) is 11.0. The van der Waals surface area contributed by atoms with Crippen LogP contribution in [0.5, 0.6) is 0 Å². The number of amides is 1. The molecule has 5 nitrogen and oxygen atoms in total. The van der Waals surface area contributed by atoms with Gasteiger partial charge in [0.25, 0.3) is 5.91 Å². The average Bonchev–Trinajstić information content (AvgIpc) is 3.33. The summed E-state index contributed by atoms with van der Waals surface area (Å²) < 4.78 is 0. The lowest BCUT2D eigenvalue weighted by Gasteiger charge is -2.35. The van der Waals surface area contributed by atoms with Gasteiger partial charge in [-0.25, -0.2) is 5.01 Å². The van der Waals surface area contributed by atoms with Crippen LogP contribution in [0.25, 0.3) is 0 Å². The van der Waals surface area contributed by atoms with Gasteiger partial charge in [0, 0.05) is 49.7 Å². The molecule has 1 saturated heterocycles. The van der Waals surface area contributed by atoms with Crippen molar-refractivity contribution in [2.75, 3.05) is 32.7 Å². The Labute approximate surface area is 219 Å². The van der Waals surface area contributed by atoms with Gasteiger partial charge in [0.15, 0.2) is 0 Å². The van der Waals surface area contributed by atoms with E-state index in [2.05, 4.69) is 72.2 Å². The molecule has 1 amide bonds. The molecule has 0 spiro atoms. The molecule has 3 aromatic rings. The van der Waals surface area contributed by atoms with E-state index in [9.17, 15) is 4.79 Å². The molecule has 0 saturated carbocycles. The molecule has 2 aliphatic heterocycles.